The Morgan fingerprint density at radius 1 is 0.395 bits per heavy atom. The second-order valence-electron chi connectivity index (χ2n) is 18.1. The summed E-state index contributed by atoms with van der Waals surface area (Å²) in [5.41, 5.74) is 3.27. The van der Waals surface area contributed by atoms with Crippen LogP contribution in [0.25, 0.3) is 0 Å². The van der Waals surface area contributed by atoms with E-state index in [0.29, 0.717) is 69.6 Å². The highest BCUT2D eigenvalue weighted by atomic mass is 16.6. The highest BCUT2D eigenvalue weighted by molar-refractivity contribution is 5.63. The van der Waals surface area contributed by atoms with Gasteiger partial charge in [0.15, 0.2) is 0 Å². The molecule has 0 amide bonds. The summed E-state index contributed by atoms with van der Waals surface area (Å²) >= 11 is 0. The summed E-state index contributed by atoms with van der Waals surface area (Å²) in [7, 11) is 3.90. The molecule has 21 heteroatoms. The van der Waals surface area contributed by atoms with Crippen molar-refractivity contribution in [1.29, 1.82) is 5.26 Å². The molecule has 0 aromatic heterocycles. The fourth-order valence-electron chi connectivity index (χ4n) is 7.99. The lowest BCUT2D eigenvalue weighted by Gasteiger charge is -2.33. The summed E-state index contributed by atoms with van der Waals surface area (Å²) in [6.45, 7) is 7.92. The van der Waals surface area contributed by atoms with Gasteiger partial charge in [0.2, 0.25) is 0 Å². The van der Waals surface area contributed by atoms with Gasteiger partial charge in [-0.2, -0.15) is 5.26 Å². The molecule has 0 aliphatic heterocycles. The van der Waals surface area contributed by atoms with Crippen molar-refractivity contribution in [2.45, 2.75) is 30.7 Å². The van der Waals surface area contributed by atoms with Crippen LogP contribution in [0.1, 0.15) is 23.6 Å². The summed E-state index contributed by atoms with van der Waals surface area (Å²) in [6.07, 6.45) is -2.75. The Kier molecular flexibility index (Phi) is 35.7. The van der Waals surface area contributed by atoms with Gasteiger partial charge in [-0.25, -0.2) is 0 Å². The SMILES string of the molecule is CC(COCCOCCOCCO)CN(CC(O)COCCOCCO)c1ccc(C(C#N)(c2ccc(N(C)C)cc2)c2ccc(N(CC(O)COCCOCCO)CC(O)COCCOCCOCCO)cc2)cc1. The van der Waals surface area contributed by atoms with Gasteiger partial charge in [0.05, 0.1) is 183 Å². The molecular formula is C55H88N4O17. The molecule has 0 heterocycles. The Morgan fingerprint density at radius 2 is 0.658 bits per heavy atom. The summed E-state index contributed by atoms with van der Waals surface area (Å²) in [5, 5.41) is 80.8. The molecule has 7 N–H and O–H groups in total. The van der Waals surface area contributed by atoms with Crippen molar-refractivity contribution in [3.05, 3.63) is 89.5 Å². The lowest BCUT2D eigenvalue weighted by molar-refractivity contribution is -0.0127. The molecule has 0 aliphatic rings. The van der Waals surface area contributed by atoms with E-state index in [2.05, 4.69) is 17.9 Å². The molecule has 0 spiro atoms. The Balaban J connectivity index is 1.93. The number of aliphatic hydroxyl groups is 7. The smallest absolute Gasteiger partial charge is 0.132 e. The van der Waals surface area contributed by atoms with Gasteiger partial charge in [-0.05, 0) is 59.0 Å². The number of hydrogen-bond donors (Lipinski definition) is 7. The molecule has 3 rings (SSSR count). The van der Waals surface area contributed by atoms with Gasteiger partial charge in [0.25, 0.3) is 0 Å². The van der Waals surface area contributed by atoms with Crippen molar-refractivity contribution in [2.75, 3.05) is 214 Å². The lowest BCUT2D eigenvalue weighted by atomic mass is 9.70. The standard InChI is InChI=1S/C55H88N4O17/c1-45(40-73-32-30-71-26-24-67-20-16-60)36-58(37-52(64)41-74-33-28-69-22-18-62)50-12-6-47(7-13-50)55(44-56,46-4-10-49(11-5-46)57(2)3)48-8-14-51(15-9-48)59(38-53(65)42-75-34-29-70-23-19-63)39-54(66)43-76-35-31-72-27-25-68-21-17-61/h4-15,45,52-54,60-66H,16-43H2,1-3H3. The van der Waals surface area contributed by atoms with Crippen molar-refractivity contribution in [3.63, 3.8) is 0 Å². The van der Waals surface area contributed by atoms with Gasteiger partial charge in [0.1, 0.15) is 5.41 Å². The average Bonchev–Trinajstić information content (AvgIpc) is 3.42. The predicted octanol–water partition coefficient (Wildman–Crippen LogP) is 1.08. The zero-order valence-corrected chi connectivity index (χ0v) is 45.0. The fraction of sp³-hybridized carbons (Fsp3) is 0.655. The van der Waals surface area contributed by atoms with Crippen LogP contribution in [0.4, 0.5) is 17.1 Å². The number of rotatable bonds is 48. The summed E-state index contributed by atoms with van der Waals surface area (Å²) in [6, 6.07) is 25.9. The van der Waals surface area contributed by atoms with Crippen LogP contribution in [0, 0.1) is 17.2 Å². The Bertz CT molecular complexity index is 1800. The van der Waals surface area contributed by atoms with Crippen molar-refractivity contribution in [3.8, 4) is 6.07 Å². The molecule has 0 saturated carbocycles. The molecule has 0 radical (unpaired) electrons. The number of hydrogen-bond acceptors (Lipinski definition) is 21. The lowest BCUT2D eigenvalue weighted by Crippen LogP contribution is -2.41. The van der Waals surface area contributed by atoms with Gasteiger partial charge in [-0.15, -0.1) is 0 Å². The van der Waals surface area contributed by atoms with E-state index in [0.717, 1.165) is 16.9 Å². The number of nitrogens with zero attached hydrogens (tertiary/aromatic N) is 4. The first-order valence-corrected chi connectivity index (χ1v) is 26.2. The predicted molar refractivity (Wildman–Crippen MR) is 287 cm³/mol. The molecule has 3 aromatic rings. The molecule has 76 heavy (non-hydrogen) atoms. The maximum Gasteiger partial charge on any atom is 0.132 e. The van der Waals surface area contributed by atoms with E-state index in [1.807, 2.05) is 96.7 Å². The van der Waals surface area contributed by atoms with Crippen molar-refractivity contribution in [2.24, 2.45) is 5.92 Å². The molecule has 21 nitrogen and oxygen atoms in total. The molecule has 5 unspecified atom stereocenters. The number of anilines is 3. The number of nitriles is 1. The van der Waals surface area contributed by atoms with E-state index in [1.165, 1.54) is 0 Å². The zero-order chi connectivity index (χ0) is 55.1. The van der Waals surface area contributed by atoms with E-state index >= 15 is 0 Å². The third-order valence-electron chi connectivity index (χ3n) is 11.6. The minimum Gasteiger partial charge on any atom is -0.394 e. The van der Waals surface area contributed by atoms with Gasteiger partial charge >= 0.3 is 0 Å². The van der Waals surface area contributed by atoms with E-state index in [-0.39, 0.29) is 138 Å². The first kappa shape index (κ1) is 66.2. The van der Waals surface area contributed by atoms with Crippen molar-refractivity contribution in [1.82, 2.24) is 0 Å². The van der Waals surface area contributed by atoms with Crippen LogP contribution in [0.5, 0.6) is 0 Å². The molecule has 0 bridgehead atoms. The first-order valence-electron chi connectivity index (χ1n) is 26.2. The second-order valence-corrected chi connectivity index (χ2v) is 18.1. The molecule has 0 fully saturated rings. The molecule has 5 atom stereocenters. The molecular weight excluding hydrogens is 989 g/mol. The number of ether oxygens (including phenoxy) is 10. The van der Waals surface area contributed by atoms with E-state index in [4.69, 9.17) is 67.8 Å². The van der Waals surface area contributed by atoms with Gasteiger partial charge < -0.3 is 97.8 Å². The van der Waals surface area contributed by atoms with Gasteiger partial charge in [-0.1, -0.05) is 43.3 Å². The van der Waals surface area contributed by atoms with Crippen LogP contribution < -0.4 is 14.7 Å². The maximum atomic E-state index is 11.5. The fourth-order valence-corrected chi connectivity index (χ4v) is 7.99. The third-order valence-corrected chi connectivity index (χ3v) is 11.6. The van der Waals surface area contributed by atoms with Gasteiger partial charge in [-0.3, -0.25) is 0 Å². The Morgan fingerprint density at radius 3 is 0.947 bits per heavy atom. The first-order chi connectivity index (χ1) is 37.0. The minimum atomic E-state index is -1.30. The van der Waals surface area contributed by atoms with Crippen LogP contribution in [0.3, 0.4) is 0 Å². The average molecular weight is 1080 g/mol. The largest absolute Gasteiger partial charge is 0.394 e. The quantitative estimate of drug-likeness (QED) is 0.0308. The Hall–Kier alpha value is -4.13. The van der Waals surface area contributed by atoms with E-state index in [9.17, 15) is 20.6 Å². The highest BCUT2D eigenvalue weighted by Gasteiger charge is 2.37. The monoisotopic (exact) mass is 1080 g/mol. The molecule has 0 saturated heterocycles. The normalized spacial score (nSPS) is 14.0. The Labute approximate surface area is 449 Å². The van der Waals surface area contributed by atoms with Crippen molar-refractivity contribution < 1.29 is 83.1 Å². The van der Waals surface area contributed by atoms with Gasteiger partial charge in [0, 0.05) is 57.3 Å². The maximum absolute atomic E-state index is 11.5. The van der Waals surface area contributed by atoms with Crippen LogP contribution in [-0.4, -0.2) is 253 Å². The van der Waals surface area contributed by atoms with E-state index in [1.54, 1.807) is 0 Å². The molecule has 3 aromatic carbocycles. The van der Waals surface area contributed by atoms with E-state index < -0.39 is 23.7 Å². The minimum absolute atomic E-state index is 0.00233. The number of benzene rings is 3. The summed E-state index contributed by atoms with van der Waals surface area (Å²) < 4.78 is 55.1. The van der Waals surface area contributed by atoms with Crippen molar-refractivity contribution >= 4 is 17.1 Å². The molecule has 0 aliphatic carbocycles. The van der Waals surface area contributed by atoms with Crippen LogP contribution in [0.2, 0.25) is 0 Å². The third kappa shape index (κ3) is 26.0. The number of aliphatic hydroxyl groups excluding tert-OH is 7. The highest BCUT2D eigenvalue weighted by Crippen LogP contribution is 2.41. The van der Waals surface area contributed by atoms with Crippen LogP contribution >= 0.6 is 0 Å². The summed E-state index contributed by atoms with van der Waals surface area (Å²) in [5.74, 6) is 0.0346. The zero-order valence-electron chi connectivity index (χ0n) is 45.0. The topological polar surface area (TPSA) is 267 Å². The van der Waals surface area contributed by atoms with Crippen LogP contribution in [0.15, 0.2) is 72.8 Å². The van der Waals surface area contributed by atoms with Crippen LogP contribution in [-0.2, 0) is 52.8 Å². The summed E-state index contributed by atoms with van der Waals surface area (Å²) in [4.78, 5) is 5.90. The molecule has 430 valence electrons. The second kappa shape index (κ2) is 41.0.